The van der Waals surface area contributed by atoms with Gasteiger partial charge in [-0.25, -0.2) is 9.59 Å². The molecule has 1 aromatic rings. The zero-order valence-electron chi connectivity index (χ0n) is 15.7. The maximum atomic E-state index is 12.5. The highest BCUT2D eigenvalue weighted by atomic mass is 16.5. The standard InChI is InChI=1S/C19H28N2O5/c1-5-13(4)16(17(22)20-15(12(2)3)18(23)24)21-19(25)26-11-14-9-7-6-8-10-14/h6-10,12-13,15-16H,5,11H2,1-4H3,(H,20,22)(H,21,25)(H,23,24)/t13?,15-,16-/m0/s1. The number of carbonyl (C=O) groups is 3. The van der Waals surface area contributed by atoms with Crippen LogP contribution < -0.4 is 10.6 Å². The van der Waals surface area contributed by atoms with Gasteiger partial charge >= 0.3 is 12.1 Å². The number of carboxylic acids is 1. The minimum absolute atomic E-state index is 0.0886. The molecule has 0 aromatic heterocycles. The number of aliphatic carboxylic acids is 1. The predicted octanol–water partition coefficient (Wildman–Crippen LogP) is 2.55. The first-order chi connectivity index (χ1) is 12.3. The molecule has 1 aromatic carbocycles. The number of alkyl carbamates (subject to hydrolysis) is 1. The van der Waals surface area contributed by atoms with Crippen LogP contribution in [0.25, 0.3) is 0 Å². The third-order valence-corrected chi connectivity index (χ3v) is 4.21. The van der Waals surface area contributed by atoms with Crippen LogP contribution in [-0.2, 0) is 20.9 Å². The SMILES string of the molecule is CCC(C)[C@H](NC(=O)OCc1ccccc1)C(=O)N[C@H](C(=O)O)C(C)C. The largest absolute Gasteiger partial charge is 0.480 e. The minimum atomic E-state index is -1.11. The van der Waals surface area contributed by atoms with Gasteiger partial charge < -0.3 is 20.5 Å². The van der Waals surface area contributed by atoms with Gasteiger partial charge in [0.05, 0.1) is 0 Å². The van der Waals surface area contributed by atoms with Crippen molar-refractivity contribution in [2.75, 3.05) is 0 Å². The van der Waals surface area contributed by atoms with Crippen molar-refractivity contribution in [2.24, 2.45) is 11.8 Å². The van der Waals surface area contributed by atoms with Crippen LogP contribution in [0.4, 0.5) is 4.79 Å². The van der Waals surface area contributed by atoms with Crippen LogP contribution in [0, 0.1) is 11.8 Å². The van der Waals surface area contributed by atoms with Gasteiger partial charge in [0.1, 0.15) is 18.7 Å². The average Bonchev–Trinajstić information content (AvgIpc) is 2.61. The van der Waals surface area contributed by atoms with Gasteiger partial charge in [-0.3, -0.25) is 4.79 Å². The second kappa shape index (κ2) is 10.4. The van der Waals surface area contributed by atoms with Crippen molar-refractivity contribution in [2.45, 2.75) is 52.8 Å². The highest BCUT2D eigenvalue weighted by molar-refractivity contribution is 5.89. The first kappa shape index (κ1) is 21.5. The third-order valence-electron chi connectivity index (χ3n) is 4.21. The molecule has 0 radical (unpaired) electrons. The summed E-state index contributed by atoms with van der Waals surface area (Å²) < 4.78 is 5.16. The van der Waals surface area contributed by atoms with E-state index >= 15 is 0 Å². The summed E-state index contributed by atoms with van der Waals surface area (Å²) in [5.74, 6) is -2.10. The van der Waals surface area contributed by atoms with E-state index in [9.17, 15) is 19.5 Å². The van der Waals surface area contributed by atoms with Crippen molar-refractivity contribution >= 4 is 18.0 Å². The highest BCUT2D eigenvalue weighted by Gasteiger charge is 2.31. The van der Waals surface area contributed by atoms with E-state index in [1.54, 1.807) is 13.8 Å². The number of hydrogen-bond donors (Lipinski definition) is 3. The Morgan fingerprint density at radius 1 is 1.04 bits per heavy atom. The molecule has 0 fully saturated rings. The van der Waals surface area contributed by atoms with Crippen molar-refractivity contribution in [3.63, 3.8) is 0 Å². The molecule has 0 heterocycles. The van der Waals surface area contributed by atoms with Gasteiger partial charge in [-0.2, -0.15) is 0 Å². The lowest BCUT2D eigenvalue weighted by molar-refractivity contribution is -0.143. The van der Waals surface area contributed by atoms with E-state index in [1.807, 2.05) is 44.2 Å². The molecule has 3 N–H and O–H groups in total. The Balaban J connectivity index is 2.71. The molecule has 3 atom stereocenters. The minimum Gasteiger partial charge on any atom is -0.480 e. The van der Waals surface area contributed by atoms with Crippen molar-refractivity contribution in [1.29, 1.82) is 0 Å². The van der Waals surface area contributed by atoms with Crippen molar-refractivity contribution in [1.82, 2.24) is 10.6 Å². The zero-order valence-corrected chi connectivity index (χ0v) is 15.7. The van der Waals surface area contributed by atoms with Gasteiger partial charge in [0, 0.05) is 0 Å². The number of benzene rings is 1. The molecular formula is C19H28N2O5. The summed E-state index contributed by atoms with van der Waals surface area (Å²) >= 11 is 0. The number of carbonyl (C=O) groups excluding carboxylic acids is 2. The zero-order chi connectivity index (χ0) is 19.7. The highest BCUT2D eigenvalue weighted by Crippen LogP contribution is 2.11. The van der Waals surface area contributed by atoms with Gasteiger partial charge in [0.25, 0.3) is 0 Å². The Kier molecular flexibility index (Phi) is 8.61. The summed E-state index contributed by atoms with van der Waals surface area (Å²) in [5.41, 5.74) is 0.831. The maximum Gasteiger partial charge on any atom is 0.408 e. The molecular weight excluding hydrogens is 336 g/mol. The monoisotopic (exact) mass is 364 g/mol. The van der Waals surface area contributed by atoms with E-state index in [0.717, 1.165) is 5.56 Å². The molecule has 0 saturated carbocycles. The number of amides is 2. The smallest absolute Gasteiger partial charge is 0.408 e. The molecule has 7 nitrogen and oxygen atoms in total. The van der Waals surface area contributed by atoms with E-state index in [-0.39, 0.29) is 18.4 Å². The van der Waals surface area contributed by atoms with Gasteiger partial charge in [0.2, 0.25) is 5.91 Å². The quantitative estimate of drug-likeness (QED) is 0.625. The summed E-state index contributed by atoms with van der Waals surface area (Å²) in [6, 6.07) is 7.30. The number of rotatable bonds is 9. The Morgan fingerprint density at radius 3 is 2.15 bits per heavy atom. The van der Waals surface area contributed by atoms with Crippen LogP contribution in [0.5, 0.6) is 0 Å². The van der Waals surface area contributed by atoms with Gasteiger partial charge in [0.15, 0.2) is 0 Å². The van der Waals surface area contributed by atoms with E-state index in [4.69, 9.17) is 4.74 Å². The number of nitrogens with one attached hydrogen (secondary N) is 2. The molecule has 2 amide bonds. The number of carboxylic acid groups (broad SMARTS) is 1. The summed E-state index contributed by atoms with van der Waals surface area (Å²) in [6.07, 6.45) is -0.0815. The van der Waals surface area contributed by atoms with Crippen LogP contribution in [0.15, 0.2) is 30.3 Å². The van der Waals surface area contributed by atoms with E-state index in [0.29, 0.717) is 6.42 Å². The lowest BCUT2D eigenvalue weighted by atomic mass is 9.97. The van der Waals surface area contributed by atoms with E-state index in [2.05, 4.69) is 10.6 Å². The van der Waals surface area contributed by atoms with Crippen LogP contribution in [0.1, 0.15) is 39.7 Å². The van der Waals surface area contributed by atoms with E-state index < -0.39 is 30.1 Å². The molecule has 0 spiro atoms. The van der Waals surface area contributed by atoms with Crippen molar-refractivity contribution in [3.8, 4) is 0 Å². The first-order valence-electron chi connectivity index (χ1n) is 8.76. The summed E-state index contributed by atoms with van der Waals surface area (Å²) in [5, 5.41) is 14.3. The fourth-order valence-corrected chi connectivity index (χ4v) is 2.35. The summed E-state index contributed by atoms with van der Waals surface area (Å²) in [7, 11) is 0. The molecule has 0 aliphatic rings. The first-order valence-corrected chi connectivity index (χ1v) is 8.76. The lowest BCUT2D eigenvalue weighted by Gasteiger charge is -2.26. The molecule has 0 aliphatic heterocycles. The molecule has 0 aliphatic carbocycles. The topological polar surface area (TPSA) is 105 Å². The Hall–Kier alpha value is -2.57. The summed E-state index contributed by atoms with van der Waals surface area (Å²) in [6.45, 7) is 7.20. The molecule has 0 bridgehead atoms. The van der Waals surface area contributed by atoms with Gasteiger partial charge in [-0.05, 0) is 17.4 Å². The molecule has 144 valence electrons. The lowest BCUT2D eigenvalue weighted by Crippen LogP contribution is -2.55. The van der Waals surface area contributed by atoms with Crippen molar-refractivity contribution < 1.29 is 24.2 Å². The summed E-state index contributed by atoms with van der Waals surface area (Å²) in [4.78, 5) is 35.9. The fourth-order valence-electron chi connectivity index (χ4n) is 2.35. The average molecular weight is 364 g/mol. The normalized spacial score (nSPS) is 14.2. The van der Waals surface area contributed by atoms with Crippen LogP contribution >= 0.6 is 0 Å². The Morgan fingerprint density at radius 2 is 1.65 bits per heavy atom. The second-order valence-electron chi connectivity index (χ2n) is 6.64. The van der Waals surface area contributed by atoms with Crippen LogP contribution in [-0.4, -0.2) is 35.2 Å². The van der Waals surface area contributed by atoms with Crippen LogP contribution in [0.3, 0.4) is 0 Å². The Bertz CT molecular complexity index is 603. The molecule has 1 rings (SSSR count). The van der Waals surface area contributed by atoms with Gasteiger partial charge in [-0.1, -0.05) is 64.4 Å². The van der Waals surface area contributed by atoms with Crippen LogP contribution in [0.2, 0.25) is 0 Å². The Labute approximate surface area is 154 Å². The molecule has 7 heteroatoms. The fraction of sp³-hybridized carbons (Fsp3) is 0.526. The maximum absolute atomic E-state index is 12.5. The van der Waals surface area contributed by atoms with Crippen molar-refractivity contribution in [3.05, 3.63) is 35.9 Å². The number of hydrogen-bond acceptors (Lipinski definition) is 4. The third kappa shape index (κ3) is 6.74. The molecule has 1 unspecified atom stereocenters. The second-order valence-corrected chi connectivity index (χ2v) is 6.64. The number of ether oxygens (including phenoxy) is 1. The molecule has 0 saturated heterocycles. The predicted molar refractivity (Wildman–Crippen MR) is 97.4 cm³/mol. The van der Waals surface area contributed by atoms with E-state index in [1.165, 1.54) is 0 Å². The molecule has 26 heavy (non-hydrogen) atoms. The van der Waals surface area contributed by atoms with Gasteiger partial charge in [-0.15, -0.1) is 0 Å².